The molecule has 2 heterocycles. The normalized spacial score (nSPS) is 15.4. The summed E-state index contributed by atoms with van der Waals surface area (Å²) in [4.78, 5) is 26.7. The minimum absolute atomic E-state index is 0.196. The SMILES string of the molecule is O=C(O)c1ccccc1CC1CCN(C(=O)Cc2cccs2)CC1. The third-order valence-corrected chi connectivity index (χ3v) is 5.51. The number of benzene rings is 1. The van der Waals surface area contributed by atoms with Crippen molar-refractivity contribution in [3.63, 3.8) is 0 Å². The van der Waals surface area contributed by atoms with E-state index in [2.05, 4.69) is 0 Å². The Kier molecular flexibility index (Phi) is 5.30. The fraction of sp³-hybridized carbons (Fsp3) is 0.368. The van der Waals surface area contributed by atoms with Gasteiger partial charge in [-0.1, -0.05) is 24.3 Å². The minimum atomic E-state index is -0.867. The molecular weight excluding hydrogens is 322 g/mol. The van der Waals surface area contributed by atoms with Gasteiger partial charge in [0.15, 0.2) is 0 Å². The third kappa shape index (κ3) is 4.03. The molecule has 1 aliphatic rings. The van der Waals surface area contributed by atoms with Crippen LogP contribution in [0.25, 0.3) is 0 Å². The average Bonchev–Trinajstić information content (AvgIpc) is 3.09. The number of carbonyl (C=O) groups excluding carboxylic acids is 1. The van der Waals surface area contributed by atoms with E-state index in [1.54, 1.807) is 23.5 Å². The molecule has 1 aromatic carbocycles. The molecule has 4 nitrogen and oxygen atoms in total. The summed E-state index contributed by atoms with van der Waals surface area (Å²) in [6.07, 6.45) is 3.13. The largest absolute Gasteiger partial charge is 0.478 e. The molecule has 0 saturated carbocycles. The number of carboxylic acid groups (broad SMARTS) is 1. The van der Waals surface area contributed by atoms with Crippen LogP contribution in [0.4, 0.5) is 0 Å². The summed E-state index contributed by atoms with van der Waals surface area (Å²) >= 11 is 1.62. The first-order valence-corrected chi connectivity index (χ1v) is 9.13. The van der Waals surface area contributed by atoms with Crippen molar-refractivity contribution in [3.8, 4) is 0 Å². The number of aromatic carboxylic acids is 1. The fourth-order valence-corrected chi connectivity index (χ4v) is 3.97. The Morgan fingerprint density at radius 1 is 1.12 bits per heavy atom. The van der Waals surface area contributed by atoms with Crippen molar-refractivity contribution in [2.75, 3.05) is 13.1 Å². The van der Waals surface area contributed by atoms with Crippen LogP contribution in [0.3, 0.4) is 0 Å². The van der Waals surface area contributed by atoms with E-state index in [4.69, 9.17) is 0 Å². The lowest BCUT2D eigenvalue weighted by Gasteiger charge is -2.32. The van der Waals surface area contributed by atoms with Crippen LogP contribution in [0.5, 0.6) is 0 Å². The predicted octanol–water partition coefficient (Wildman–Crippen LogP) is 3.47. The second-order valence-electron chi connectivity index (χ2n) is 6.25. The second kappa shape index (κ2) is 7.62. The standard InChI is InChI=1S/C19H21NO3S/c21-18(13-16-5-3-11-24-16)20-9-7-14(8-10-20)12-15-4-1-2-6-17(15)19(22)23/h1-6,11,14H,7-10,12-13H2,(H,22,23). The molecule has 1 amide bonds. The molecule has 0 spiro atoms. The number of hydrogen-bond donors (Lipinski definition) is 1. The van der Waals surface area contributed by atoms with Crippen molar-refractivity contribution in [1.29, 1.82) is 0 Å². The van der Waals surface area contributed by atoms with Gasteiger partial charge in [-0.25, -0.2) is 4.79 Å². The summed E-state index contributed by atoms with van der Waals surface area (Å²) in [5, 5.41) is 11.3. The number of nitrogens with zero attached hydrogens (tertiary/aromatic N) is 1. The van der Waals surface area contributed by atoms with Crippen molar-refractivity contribution in [3.05, 3.63) is 57.8 Å². The average molecular weight is 343 g/mol. The Morgan fingerprint density at radius 3 is 2.54 bits per heavy atom. The Hall–Kier alpha value is -2.14. The summed E-state index contributed by atoms with van der Waals surface area (Å²) < 4.78 is 0. The van der Waals surface area contributed by atoms with Gasteiger partial charge >= 0.3 is 5.97 Å². The smallest absolute Gasteiger partial charge is 0.335 e. The highest BCUT2D eigenvalue weighted by Gasteiger charge is 2.24. The molecule has 3 rings (SSSR count). The first kappa shape index (κ1) is 16.7. The molecule has 0 bridgehead atoms. The first-order valence-electron chi connectivity index (χ1n) is 8.25. The Labute approximate surface area is 145 Å². The van der Waals surface area contributed by atoms with E-state index in [-0.39, 0.29) is 5.91 Å². The maximum absolute atomic E-state index is 12.3. The van der Waals surface area contributed by atoms with Gasteiger partial charge < -0.3 is 10.0 Å². The molecule has 1 fully saturated rings. The zero-order chi connectivity index (χ0) is 16.9. The zero-order valence-corrected chi connectivity index (χ0v) is 14.3. The minimum Gasteiger partial charge on any atom is -0.478 e. The highest BCUT2D eigenvalue weighted by Crippen LogP contribution is 2.24. The van der Waals surface area contributed by atoms with Gasteiger partial charge in [-0.15, -0.1) is 11.3 Å². The number of likely N-dealkylation sites (tertiary alicyclic amines) is 1. The molecule has 1 saturated heterocycles. The summed E-state index contributed by atoms with van der Waals surface area (Å²) in [6, 6.07) is 11.2. The first-order chi connectivity index (χ1) is 11.6. The van der Waals surface area contributed by atoms with E-state index < -0.39 is 5.97 Å². The molecule has 2 aromatic rings. The number of amides is 1. The zero-order valence-electron chi connectivity index (χ0n) is 13.5. The van der Waals surface area contributed by atoms with Crippen LogP contribution >= 0.6 is 11.3 Å². The summed E-state index contributed by atoms with van der Waals surface area (Å²) in [5.41, 5.74) is 1.29. The summed E-state index contributed by atoms with van der Waals surface area (Å²) in [7, 11) is 0. The van der Waals surface area contributed by atoms with Crippen molar-refractivity contribution < 1.29 is 14.7 Å². The van der Waals surface area contributed by atoms with E-state index in [1.165, 1.54) is 0 Å². The van der Waals surface area contributed by atoms with Gasteiger partial charge in [0.05, 0.1) is 12.0 Å². The number of carboxylic acids is 1. The van der Waals surface area contributed by atoms with E-state index >= 15 is 0 Å². The van der Waals surface area contributed by atoms with E-state index in [1.807, 2.05) is 34.5 Å². The highest BCUT2D eigenvalue weighted by molar-refractivity contribution is 7.10. The molecule has 0 unspecified atom stereocenters. The second-order valence-corrected chi connectivity index (χ2v) is 7.28. The van der Waals surface area contributed by atoms with Crippen molar-refractivity contribution in [1.82, 2.24) is 4.90 Å². The molecule has 5 heteroatoms. The van der Waals surface area contributed by atoms with Crippen LogP contribution < -0.4 is 0 Å². The maximum atomic E-state index is 12.3. The Morgan fingerprint density at radius 2 is 1.88 bits per heavy atom. The quantitative estimate of drug-likeness (QED) is 0.904. The van der Waals surface area contributed by atoms with E-state index in [9.17, 15) is 14.7 Å². The van der Waals surface area contributed by atoms with Gasteiger partial charge in [0.2, 0.25) is 5.91 Å². The van der Waals surface area contributed by atoms with Crippen LogP contribution in [-0.4, -0.2) is 35.0 Å². The van der Waals surface area contributed by atoms with Crippen LogP contribution in [0.1, 0.15) is 33.6 Å². The van der Waals surface area contributed by atoms with Gasteiger partial charge in [-0.2, -0.15) is 0 Å². The van der Waals surface area contributed by atoms with Crippen LogP contribution in [0, 0.1) is 5.92 Å². The lowest BCUT2D eigenvalue weighted by molar-refractivity contribution is -0.131. The Bertz CT molecular complexity index is 703. The van der Waals surface area contributed by atoms with Gasteiger partial charge in [-0.3, -0.25) is 4.79 Å². The van der Waals surface area contributed by atoms with Gasteiger partial charge in [0, 0.05) is 18.0 Å². The molecule has 1 aliphatic heterocycles. The molecule has 0 aliphatic carbocycles. The lowest BCUT2D eigenvalue weighted by atomic mass is 9.88. The van der Waals surface area contributed by atoms with Crippen LogP contribution in [0.2, 0.25) is 0 Å². The van der Waals surface area contributed by atoms with Crippen LogP contribution in [-0.2, 0) is 17.6 Å². The highest BCUT2D eigenvalue weighted by atomic mass is 32.1. The monoisotopic (exact) mass is 343 g/mol. The molecule has 126 valence electrons. The predicted molar refractivity (Wildman–Crippen MR) is 94.4 cm³/mol. The van der Waals surface area contributed by atoms with Crippen molar-refractivity contribution >= 4 is 23.2 Å². The molecule has 24 heavy (non-hydrogen) atoms. The van der Waals surface area contributed by atoms with Crippen molar-refractivity contribution in [2.24, 2.45) is 5.92 Å². The van der Waals surface area contributed by atoms with E-state index in [0.717, 1.165) is 42.8 Å². The number of hydrogen-bond acceptors (Lipinski definition) is 3. The van der Waals surface area contributed by atoms with Crippen molar-refractivity contribution in [2.45, 2.75) is 25.7 Å². The third-order valence-electron chi connectivity index (χ3n) is 4.63. The summed E-state index contributed by atoms with van der Waals surface area (Å²) in [5.74, 6) is -0.229. The molecule has 0 radical (unpaired) electrons. The lowest BCUT2D eigenvalue weighted by Crippen LogP contribution is -2.39. The van der Waals surface area contributed by atoms with Gasteiger partial charge in [-0.05, 0) is 48.3 Å². The maximum Gasteiger partial charge on any atom is 0.335 e. The number of rotatable bonds is 5. The summed E-state index contributed by atoms with van der Waals surface area (Å²) in [6.45, 7) is 1.54. The number of piperidine rings is 1. The topological polar surface area (TPSA) is 57.6 Å². The van der Waals surface area contributed by atoms with Gasteiger partial charge in [0.25, 0.3) is 0 Å². The molecular formula is C19H21NO3S. The molecule has 1 N–H and O–H groups in total. The Balaban J connectivity index is 1.54. The number of carbonyl (C=O) groups is 2. The fourth-order valence-electron chi connectivity index (χ4n) is 3.28. The molecule has 0 atom stereocenters. The molecule has 1 aromatic heterocycles. The van der Waals surface area contributed by atoms with Crippen LogP contribution in [0.15, 0.2) is 41.8 Å². The number of thiophene rings is 1. The van der Waals surface area contributed by atoms with E-state index in [0.29, 0.717) is 17.9 Å². The van der Waals surface area contributed by atoms with Gasteiger partial charge in [0.1, 0.15) is 0 Å².